The first-order valence-electron chi connectivity index (χ1n) is 3.14. The van der Waals surface area contributed by atoms with E-state index in [0.717, 1.165) is 6.54 Å². The Morgan fingerprint density at radius 2 is 2.09 bits per heavy atom. The number of hydrogen-bond donors (Lipinski definition) is 1. The Morgan fingerprint density at radius 1 is 1.36 bits per heavy atom. The topological polar surface area (TPSA) is 46.0 Å². The summed E-state index contributed by atoms with van der Waals surface area (Å²) in [5, 5.41) is 3.03. The van der Waals surface area contributed by atoms with Gasteiger partial charge in [-0.3, -0.25) is 0 Å². The minimum absolute atomic E-state index is 0. The van der Waals surface area contributed by atoms with Gasteiger partial charge >= 0.3 is 0 Å². The molecular formula is C6H7IrN3O. The fraction of sp³-hybridized carbons (Fsp3) is 0.333. The third kappa shape index (κ3) is 1.67. The van der Waals surface area contributed by atoms with Crippen LogP contribution in [0.2, 0.25) is 0 Å². The summed E-state index contributed by atoms with van der Waals surface area (Å²) >= 11 is 0. The Hall–Kier alpha value is -0.671. The van der Waals surface area contributed by atoms with Crippen molar-refractivity contribution in [3.05, 3.63) is 11.7 Å². The van der Waals surface area contributed by atoms with E-state index in [1.807, 2.05) is 0 Å². The van der Waals surface area contributed by atoms with Crippen LogP contribution in [0.15, 0.2) is 21.7 Å². The second-order valence-electron chi connectivity index (χ2n) is 1.98. The van der Waals surface area contributed by atoms with Gasteiger partial charge in [0.25, 0.3) is 0 Å². The van der Waals surface area contributed by atoms with Gasteiger partial charge in [0.15, 0.2) is 0 Å². The van der Waals surface area contributed by atoms with Gasteiger partial charge in [0.05, 0.1) is 6.54 Å². The van der Waals surface area contributed by atoms with Gasteiger partial charge in [0.2, 0.25) is 11.7 Å². The maximum Gasteiger partial charge on any atom is 0.233 e. The molecule has 0 aromatic carbocycles. The molecule has 0 aliphatic carbocycles. The first-order valence-corrected chi connectivity index (χ1v) is 3.14. The summed E-state index contributed by atoms with van der Waals surface area (Å²) in [5.74, 6) is 1.35. The van der Waals surface area contributed by atoms with Crippen LogP contribution < -0.4 is 5.32 Å². The predicted molar refractivity (Wildman–Crippen MR) is 38.0 cm³/mol. The van der Waals surface area contributed by atoms with Gasteiger partial charge in [-0.05, 0) is 0 Å². The molecule has 0 amide bonds. The molecule has 1 radical (unpaired) electrons. The Balaban J connectivity index is 0.000000605. The Bertz CT molecular complexity index is 212. The van der Waals surface area contributed by atoms with Gasteiger partial charge in [-0.25, -0.2) is 9.98 Å². The van der Waals surface area contributed by atoms with Gasteiger partial charge in [-0.2, -0.15) is 0 Å². The minimum Gasteiger partial charge on any atom is -0.475 e. The SMILES string of the molecule is C1=NC(=C2NCCO2)N=C1.[Ir]. The first kappa shape index (κ1) is 8.43. The third-order valence-electron chi connectivity index (χ3n) is 1.30. The molecular weight excluding hydrogens is 322 g/mol. The molecule has 1 fully saturated rings. The van der Waals surface area contributed by atoms with Crippen LogP contribution in [0.1, 0.15) is 0 Å². The van der Waals surface area contributed by atoms with Crippen LogP contribution in [-0.4, -0.2) is 25.6 Å². The number of nitrogens with zero attached hydrogens (tertiary/aromatic N) is 2. The number of rotatable bonds is 0. The van der Waals surface area contributed by atoms with E-state index in [9.17, 15) is 0 Å². The smallest absolute Gasteiger partial charge is 0.233 e. The second kappa shape index (κ2) is 3.64. The van der Waals surface area contributed by atoms with Crippen LogP contribution in [-0.2, 0) is 24.8 Å². The van der Waals surface area contributed by atoms with Crippen molar-refractivity contribution < 1.29 is 24.8 Å². The molecule has 0 aromatic heterocycles. The molecule has 0 atom stereocenters. The molecule has 4 nitrogen and oxygen atoms in total. The fourth-order valence-electron chi connectivity index (χ4n) is 0.871. The van der Waals surface area contributed by atoms with Crippen LogP contribution in [0.3, 0.4) is 0 Å². The monoisotopic (exact) mass is 330 g/mol. The van der Waals surface area contributed by atoms with E-state index in [1.165, 1.54) is 0 Å². The van der Waals surface area contributed by atoms with Crippen molar-refractivity contribution in [1.29, 1.82) is 0 Å². The zero-order valence-electron chi connectivity index (χ0n) is 5.70. The van der Waals surface area contributed by atoms with Crippen molar-refractivity contribution in [2.45, 2.75) is 0 Å². The van der Waals surface area contributed by atoms with Crippen LogP contribution >= 0.6 is 0 Å². The average molecular weight is 329 g/mol. The van der Waals surface area contributed by atoms with E-state index in [4.69, 9.17) is 4.74 Å². The number of hydrogen-bond acceptors (Lipinski definition) is 4. The molecule has 0 unspecified atom stereocenters. The molecule has 1 N–H and O–H groups in total. The van der Waals surface area contributed by atoms with E-state index >= 15 is 0 Å². The van der Waals surface area contributed by atoms with Gasteiger partial charge in [0, 0.05) is 32.5 Å². The van der Waals surface area contributed by atoms with Crippen molar-refractivity contribution in [2.24, 2.45) is 9.98 Å². The number of nitrogens with one attached hydrogen (secondary N) is 1. The molecule has 2 aliphatic heterocycles. The molecule has 2 aliphatic rings. The van der Waals surface area contributed by atoms with Gasteiger partial charge in [-0.15, -0.1) is 0 Å². The van der Waals surface area contributed by atoms with Gasteiger partial charge < -0.3 is 10.1 Å². The largest absolute Gasteiger partial charge is 0.475 e. The van der Waals surface area contributed by atoms with Crippen LogP contribution in [0.25, 0.3) is 0 Å². The summed E-state index contributed by atoms with van der Waals surface area (Å²) in [6.07, 6.45) is 3.29. The molecule has 2 heterocycles. The maximum absolute atomic E-state index is 5.18. The average Bonchev–Trinajstić information content (AvgIpc) is 2.59. The van der Waals surface area contributed by atoms with Gasteiger partial charge in [-0.1, -0.05) is 0 Å². The normalized spacial score (nSPS) is 19.6. The summed E-state index contributed by atoms with van der Waals surface area (Å²) in [5.41, 5.74) is 0. The molecule has 0 aromatic rings. The standard InChI is InChI=1S/C6H7N3O.Ir/c1-2-8-5(7-1)6-9-3-4-10-6;/h1-2,9H,3-4H2;. The van der Waals surface area contributed by atoms with Gasteiger partial charge in [0.1, 0.15) is 6.61 Å². The van der Waals surface area contributed by atoms with Crippen molar-refractivity contribution in [2.75, 3.05) is 13.2 Å². The zero-order chi connectivity index (χ0) is 6.81. The Kier molecular flexibility index (Phi) is 2.79. The molecule has 1 saturated heterocycles. The summed E-state index contributed by atoms with van der Waals surface area (Å²) in [7, 11) is 0. The Morgan fingerprint density at radius 3 is 2.64 bits per heavy atom. The zero-order valence-corrected chi connectivity index (χ0v) is 8.10. The molecule has 0 saturated carbocycles. The van der Waals surface area contributed by atoms with E-state index in [0.29, 0.717) is 18.3 Å². The molecule has 2 rings (SSSR count). The molecule has 11 heavy (non-hydrogen) atoms. The summed E-state index contributed by atoms with van der Waals surface area (Å²) in [6.45, 7) is 1.56. The van der Waals surface area contributed by atoms with E-state index in [1.54, 1.807) is 12.4 Å². The van der Waals surface area contributed by atoms with Crippen LogP contribution in [0, 0.1) is 0 Å². The maximum atomic E-state index is 5.18. The number of aliphatic imine (C=N–C) groups is 2. The van der Waals surface area contributed by atoms with Crippen molar-refractivity contribution in [3.8, 4) is 0 Å². The number of ether oxygens (including phenoxy) is 1. The van der Waals surface area contributed by atoms with E-state index in [-0.39, 0.29) is 20.1 Å². The summed E-state index contributed by atoms with van der Waals surface area (Å²) < 4.78 is 5.18. The van der Waals surface area contributed by atoms with Crippen LogP contribution in [0.4, 0.5) is 0 Å². The molecule has 0 spiro atoms. The summed E-state index contributed by atoms with van der Waals surface area (Å²) in [4.78, 5) is 7.93. The molecule has 0 bridgehead atoms. The third-order valence-corrected chi connectivity index (χ3v) is 1.30. The van der Waals surface area contributed by atoms with Crippen molar-refractivity contribution >= 4 is 12.4 Å². The van der Waals surface area contributed by atoms with E-state index in [2.05, 4.69) is 15.3 Å². The second-order valence-corrected chi connectivity index (χ2v) is 1.98. The summed E-state index contributed by atoms with van der Waals surface area (Å²) in [6, 6.07) is 0. The van der Waals surface area contributed by atoms with Crippen molar-refractivity contribution in [3.63, 3.8) is 0 Å². The molecule has 5 heteroatoms. The van der Waals surface area contributed by atoms with Crippen molar-refractivity contribution in [1.82, 2.24) is 5.32 Å². The van der Waals surface area contributed by atoms with E-state index < -0.39 is 0 Å². The Labute approximate surface area is 77.8 Å². The predicted octanol–water partition coefficient (Wildman–Crippen LogP) is -0.115. The fourth-order valence-corrected chi connectivity index (χ4v) is 0.871. The van der Waals surface area contributed by atoms with Crippen LogP contribution in [0.5, 0.6) is 0 Å². The molecule has 61 valence electrons. The minimum atomic E-state index is 0. The quantitative estimate of drug-likeness (QED) is 0.674. The first-order chi connectivity index (χ1) is 4.97.